The van der Waals surface area contributed by atoms with Gasteiger partial charge in [0, 0.05) is 13.2 Å². The third-order valence-corrected chi connectivity index (χ3v) is 3.73. The van der Waals surface area contributed by atoms with Crippen molar-refractivity contribution in [3.63, 3.8) is 0 Å². The summed E-state index contributed by atoms with van der Waals surface area (Å²) in [6.45, 7) is 2.38. The van der Waals surface area contributed by atoms with E-state index >= 15 is 0 Å². The Morgan fingerprint density at radius 2 is 2.10 bits per heavy atom. The van der Waals surface area contributed by atoms with E-state index in [4.69, 9.17) is 9.84 Å². The second-order valence-corrected chi connectivity index (χ2v) is 5.41. The number of hydrogen-bond acceptors (Lipinski definition) is 3. The van der Waals surface area contributed by atoms with Crippen molar-refractivity contribution in [3.8, 4) is 5.75 Å². The molecule has 1 atom stereocenters. The van der Waals surface area contributed by atoms with Gasteiger partial charge in [0.05, 0.1) is 0 Å². The topological polar surface area (TPSA) is 58.6 Å². The maximum Gasteiger partial charge on any atom is 0.260 e. The first-order chi connectivity index (χ1) is 9.54. The van der Waals surface area contributed by atoms with E-state index in [1.54, 1.807) is 6.92 Å². The number of rotatable bonds is 7. The second kappa shape index (κ2) is 6.22. The van der Waals surface area contributed by atoms with Crippen LogP contribution in [0.5, 0.6) is 5.75 Å². The molecule has 4 nitrogen and oxygen atoms in total. The van der Waals surface area contributed by atoms with E-state index in [1.165, 1.54) is 24.3 Å². The van der Waals surface area contributed by atoms with Crippen LogP contribution in [0.4, 0.5) is 4.39 Å². The second-order valence-electron chi connectivity index (χ2n) is 5.41. The number of ether oxygens (including phenoxy) is 1. The zero-order chi connectivity index (χ0) is 14.6. The molecule has 1 aliphatic rings. The van der Waals surface area contributed by atoms with Gasteiger partial charge in [-0.3, -0.25) is 4.79 Å². The fourth-order valence-electron chi connectivity index (χ4n) is 2.12. The Hall–Kier alpha value is -1.62. The molecule has 2 rings (SSSR count). The highest BCUT2D eigenvalue weighted by Gasteiger charge is 2.42. The molecule has 0 spiro atoms. The number of halogens is 1. The Morgan fingerprint density at radius 3 is 2.65 bits per heavy atom. The first kappa shape index (κ1) is 14.8. The van der Waals surface area contributed by atoms with Crippen LogP contribution in [0.25, 0.3) is 0 Å². The molecule has 2 N–H and O–H groups in total. The molecule has 110 valence electrons. The Kier molecular flexibility index (Phi) is 4.60. The number of aliphatic hydroxyl groups is 1. The van der Waals surface area contributed by atoms with Gasteiger partial charge in [-0.2, -0.15) is 0 Å². The number of hydrogen-bond donors (Lipinski definition) is 2. The summed E-state index contributed by atoms with van der Waals surface area (Å²) >= 11 is 0. The van der Waals surface area contributed by atoms with Crippen molar-refractivity contribution in [1.82, 2.24) is 5.32 Å². The van der Waals surface area contributed by atoms with Gasteiger partial charge in [-0.15, -0.1) is 0 Å². The molecule has 0 heterocycles. The average molecular weight is 281 g/mol. The highest BCUT2D eigenvalue weighted by molar-refractivity contribution is 5.80. The van der Waals surface area contributed by atoms with E-state index in [2.05, 4.69) is 5.32 Å². The lowest BCUT2D eigenvalue weighted by molar-refractivity contribution is -0.127. The average Bonchev–Trinajstić information content (AvgIpc) is 3.19. The fraction of sp³-hybridized carbons (Fsp3) is 0.533. The smallest absolute Gasteiger partial charge is 0.260 e. The summed E-state index contributed by atoms with van der Waals surface area (Å²) < 4.78 is 18.2. The molecule has 1 aromatic rings. The Balaban J connectivity index is 1.78. The lowest BCUT2D eigenvalue weighted by Gasteiger charge is -2.18. The molecular formula is C15H20FNO3. The van der Waals surface area contributed by atoms with E-state index < -0.39 is 6.10 Å². The zero-order valence-electron chi connectivity index (χ0n) is 11.6. The Bertz CT molecular complexity index is 457. The molecule has 1 fully saturated rings. The molecule has 0 aliphatic heterocycles. The monoisotopic (exact) mass is 281 g/mol. The van der Waals surface area contributed by atoms with Gasteiger partial charge >= 0.3 is 0 Å². The number of amides is 1. The summed E-state index contributed by atoms with van der Waals surface area (Å²) in [5.74, 6) is -0.0711. The predicted molar refractivity (Wildman–Crippen MR) is 72.9 cm³/mol. The van der Waals surface area contributed by atoms with Gasteiger partial charge in [0.25, 0.3) is 5.91 Å². The van der Waals surface area contributed by atoms with Crippen molar-refractivity contribution >= 4 is 5.91 Å². The summed E-state index contributed by atoms with van der Waals surface area (Å²) in [4.78, 5) is 11.9. The normalized spacial score (nSPS) is 17.4. The molecule has 0 radical (unpaired) electrons. The lowest BCUT2D eigenvalue weighted by Crippen LogP contribution is -2.39. The minimum absolute atomic E-state index is 0.0833. The Labute approximate surface area is 117 Å². The standard InChI is InChI=1S/C15H20FNO3/c1-11(20-13-4-2-12(16)3-5-13)14(19)17-10-15(6-7-15)8-9-18/h2-5,11,18H,6-10H2,1H3,(H,17,19). The number of nitrogens with one attached hydrogen (secondary N) is 1. The van der Waals surface area contributed by atoms with Gasteiger partial charge in [-0.1, -0.05) is 0 Å². The van der Waals surface area contributed by atoms with E-state index in [0.717, 1.165) is 19.3 Å². The number of carbonyl (C=O) groups excluding carboxylic acids is 1. The fourth-order valence-corrected chi connectivity index (χ4v) is 2.12. The van der Waals surface area contributed by atoms with Crippen LogP contribution in [-0.2, 0) is 4.79 Å². The van der Waals surface area contributed by atoms with Crippen LogP contribution in [0.2, 0.25) is 0 Å². The van der Waals surface area contributed by atoms with Crippen LogP contribution in [-0.4, -0.2) is 30.3 Å². The van der Waals surface area contributed by atoms with Gasteiger partial charge < -0.3 is 15.2 Å². The summed E-state index contributed by atoms with van der Waals surface area (Å²) in [5, 5.41) is 11.8. The van der Waals surface area contributed by atoms with Crippen molar-refractivity contribution in [2.75, 3.05) is 13.2 Å². The molecule has 1 amide bonds. The summed E-state index contributed by atoms with van der Waals surface area (Å²) in [7, 11) is 0. The molecule has 1 unspecified atom stereocenters. The van der Waals surface area contributed by atoms with Gasteiger partial charge in [-0.25, -0.2) is 4.39 Å². The molecule has 0 saturated heterocycles. The molecule has 20 heavy (non-hydrogen) atoms. The third kappa shape index (κ3) is 3.93. The van der Waals surface area contributed by atoms with Crippen molar-refractivity contribution in [3.05, 3.63) is 30.1 Å². The largest absolute Gasteiger partial charge is 0.481 e. The molecule has 1 aliphatic carbocycles. The predicted octanol–water partition coefficient (Wildman–Crippen LogP) is 1.87. The molecule has 5 heteroatoms. The van der Waals surface area contributed by atoms with Crippen LogP contribution >= 0.6 is 0 Å². The van der Waals surface area contributed by atoms with Crippen LogP contribution in [0, 0.1) is 11.2 Å². The molecule has 1 saturated carbocycles. The zero-order valence-corrected chi connectivity index (χ0v) is 11.6. The van der Waals surface area contributed by atoms with Gasteiger partial charge in [-0.05, 0) is 55.9 Å². The van der Waals surface area contributed by atoms with Crippen LogP contribution in [0.3, 0.4) is 0 Å². The van der Waals surface area contributed by atoms with Crippen molar-refractivity contribution in [2.45, 2.75) is 32.3 Å². The summed E-state index contributed by atoms with van der Waals surface area (Å²) in [5.41, 5.74) is 0.0833. The quantitative estimate of drug-likeness (QED) is 0.802. The maximum atomic E-state index is 12.8. The van der Waals surface area contributed by atoms with E-state index in [1.807, 2.05) is 0 Å². The van der Waals surface area contributed by atoms with Crippen LogP contribution in [0.1, 0.15) is 26.2 Å². The van der Waals surface area contributed by atoms with Crippen molar-refractivity contribution < 1.29 is 19.0 Å². The lowest BCUT2D eigenvalue weighted by atomic mass is 10.0. The first-order valence-electron chi connectivity index (χ1n) is 6.85. The van der Waals surface area contributed by atoms with Crippen LogP contribution < -0.4 is 10.1 Å². The van der Waals surface area contributed by atoms with E-state index in [9.17, 15) is 9.18 Å². The van der Waals surface area contributed by atoms with Gasteiger partial charge in [0.15, 0.2) is 6.10 Å². The first-order valence-corrected chi connectivity index (χ1v) is 6.85. The molecule has 1 aromatic carbocycles. The highest BCUT2D eigenvalue weighted by atomic mass is 19.1. The number of aliphatic hydroxyl groups excluding tert-OH is 1. The maximum absolute atomic E-state index is 12.8. The SMILES string of the molecule is CC(Oc1ccc(F)cc1)C(=O)NCC1(CCO)CC1. The molecule has 0 aromatic heterocycles. The number of carbonyl (C=O) groups is 1. The number of benzene rings is 1. The Morgan fingerprint density at radius 1 is 1.45 bits per heavy atom. The van der Waals surface area contributed by atoms with Gasteiger partial charge in [0.1, 0.15) is 11.6 Å². The summed E-state index contributed by atoms with van der Waals surface area (Å²) in [6, 6.07) is 5.57. The van der Waals surface area contributed by atoms with Crippen molar-refractivity contribution in [1.29, 1.82) is 0 Å². The van der Waals surface area contributed by atoms with Crippen molar-refractivity contribution in [2.24, 2.45) is 5.41 Å². The van der Waals surface area contributed by atoms with Crippen LogP contribution in [0.15, 0.2) is 24.3 Å². The molecular weight excluding hydrogens is 261 g/mol. The minimum Gasteiger partial charge on any atom is -0.481 e. The third-order valence-electron chi connectivity index (χ3n) is 3.73. The molecule has 0 bridgehead atoms. The van der Waals surface area contributed by atoms with E-state index in [0.29, 0.717) is 12.3 Å². The van der Waals surface area contributed by atoms with E-state index in [-0.39, 0.29) is 23.7 Å². The highest BCUT2D eigenvalue weighted by Crippen LogP contribution is 2.47. The minimum atomic E-state index is -0.634. The van der Waals surface area contributed by atoms with Gasteiger partial charge in [0.2, 0.25) is 0 Å². The summed E-state index contributed by atoms with van der Waals surface area (Å²) in [6.07, 6.45) is 2.17.